The van der Waals surface area contributed by atoms with Crippen LogP contribution in [0.5, 0.6) is 5.75 Å². The molecule has 0 unspecified atom stereocenters. The molecule has 3 aromatic rings. The molecule has 0 spiro atoms. The van der Waals surface area contributed by atoms with Crippen molar-refractivity contribution in [2.45, 2.75) is 39.7 Å². The molecule has 0 atom stereocenters. The maximum atomic E-state index is 12.5. The summed E-state index contributed by atoms with van der Waals surface area (Å²) in [6, 6.07) is 12.2. The monoisotopic (exact) mass is 380 g/mol. The molecule has 0 saturated carbocycles. The Bertz CT molecular complexity index is 1030. The predicted octanol–water partition coefficient (Wildman–Crippen LogP) is 4.67. The summed E-state index contributed by atoms with van der Waals surface area (Å²) >= 11 is 0. The Morgan fingerprint density at radius 3 is 2.46 bits per heavy atom. The van der Waals surface area contributed by atoms with Crippen molar-refractivity contribution in [3.63, 3.8) is 0 Å². The third-order valence-corrected chi connectivity index (χ3v) is 4.65. The fraction of sp³-hybridized carbons (Fsp3) is 0.304. The molecule has 5 nitrogen and oxygen atoms in total. The van der Waals surface area contributed by atoms with E-state index >= 15 is 0 Å². The van der Waals surface area contributed by atoms with Crippen LogP contribution in [0.15, 0.2) is 51.7 Å². The lowest BCUT2D eigenvalue weighted by atomic mass is 10.1. The van der Waals surface area contributed by atoms with Crippen LogP contribution in [0.25, 0.3) is 11.0 Å². The SMILES string of the molecule is CCCc1ccc(C(=O)OCc2c(OC)ccc3c(=O)cc(CC)oc23)cc1. The van der Waals surface area contributed by atoms with Crippen LogP contribution < -0.4 is 10.2 Å². The van der Waals surface area contributed by atoms with E-state index in [1.807, 2.05) is 19.1 Å². The number of carbonyl (C=O) groups is 1. The molecule has 0 bridgehead atoms. The second kappa shape index (κ2) is 8.74. The Morgan fingerprint density at radius 1 is 1.07 bits per heavy atom. The van der Waals surface area contributed by atoms with E-state index in [0.717, 1.165) is 12.8 Å². The third-order valence-electron chi connectivity index (χ3n) is 4.65. The first kappa shape index (κ1) is 19.7. The van der Waals surface area contributed by atoms with Crippen molar-refractivity contribution in [2.75, 3.05) is 7.11 Å². The zero-order valence-electron chi connectivity index (χ0n) is 16.4. The van der Waals surface area contributed by atoms with Gasteiger partial charge in [-0.15, -0.1) is 0 Å². The number of benzene rings is 2. The van der Waals surface area contributed by atoms with Crippen molar-refractivity contribution >= 4 is 16.9 Å². The van der Waals surface area contributed by atoms with Crippen LogP contribution in [0.2, 0.25) is 0 Å². The molecule has 28 heavy (non-hydrogen) atoms. The van der Waals surface area contributed by atoms with E-state index in [9.17, 15) is 9.59 Å². The number of hydrogen-bond acceptors (Lipinski definition) is 5. The summed E-state index contributed by atoms with van der Waals surface area (Å²) < 4.78 is 16.8. The number of aryl methyl sites for hydroxylation is 2. The van der Waals surface area contributed by atoms with E-state index < -0.39 is 5.97 Å². The van der Waals surface area contributed by atoms with Crippen LogP contribution in [0.3, 0.4) is 0 Å². The zero-order chi connectivity index (χ0) is 20.1. The number of esters is 1. The van der Waals surface area contributed by atoms with Crippen LogP contribution in [-0.2, 0) is 24.2 Å². The zero-order valence-corrected chi connectivity index (χ0v) is 16.4. The second-order valence-corrected chi connectivity index (χ2v) is 6.58. The van der Waals surface area contributed by atoms with E-state index in [2.05, 4.69) is 6.92 Å². The lowest BCUT2D eigenvalue weighted by Gasteiger charge is -2.12. The molecule has 0 aliphatic heterocycles. The van der Waals surface area contributed by atoms with Gasteiger partial charge in [0.1, 0.15) is 23.7 Å². The highest BCUT2D eigenvalue weighted by molar-refractivity contribution is 5.90. The molecule has 2 aromatic carbocycles. The van der Waals surface area contributed by atoms with Gasteiger partial charge in [-0.2, -0.15) is 0 Å². The summed E-state index contributed by atoms with van der Waals surface area (Å²) in [6.07, 6.45) is 2.61. The van der Waals surface area contributed by atoms with E-state index in [1.165, 1.54) is 18.7 Å². The number of ether oxygens (including phenoxy) is 2. The number of hydrogen-bond donors (Lipinski definition) is 0. The largest absolute Gasteiger partial charge is 0.496 e. The van der Waals surface area contributed by atoms with Gasteiger partial charge in [0.15, 0.2) is 5.43 Å². The summed E-state index contributed by atoms with van der Waals surface area (Å²) in [6.45, 7) is 3.97. The molecular formula is C23H24O5. The molecule has 1 aromatic heterocycles. The second-order valence-electron chi connectivity index (χ2n) is 6.58. The van der Waals surface area contributed by atoms with Crippen molar-refractivity contribution in [3.8, 4) is 5.75 Å². The Hall–Kier alpha value is -3.08. The molecule has 3 rings (SSSR count). The van der Waals surface area contributed by atoms with Gasteiger partial charge in [0.05, 0.1) is 23.6 Å². The number of rotatable bonds is 7. The Morgan fingerprint density at radius 2 is 1.82 bits per heavy atom. The normalized spacial score (nSPS) is 10.8. The number of carbonyl (C=O) groups excluding carboxylic acids is 1. The average molecular weight is 380 g/mol. The lowest BCUT2D eigenvalue weighted by molar-refractivity contribution is 0.0471. The van der Waals surface area contributed by atoms with E-state index in [1.54, 1.807) is 24.3 Å². The molecule has 0 saturated heterocycles. The number of fused-ring (bicyclic) bond motifs is 1. The van der Waals surface area contributed by atoms with Gasteiger partial charge in [0.25, 0.3) is 0 Å². The molecule has 146 valence electrons. The van der Waals surface area contributed by atoms with Gasteiger partial charge in [-0.3, -0.25) is 4.79 Å². The fourth-order valence-corrected chi connectivity index (χ4v) is 3.12. The first-order valence-corrected chi connectivity index (χ1v) is 9.46. The minimum Gasteiger partial charge on any atom is -0.496 e. The lowest BCUT2D eigenvalue weighted by Crippen LogP contribution is -2.09. The summed E-state index contributed by atoms with van der Waals surface area (Å²) in [5, 5.41) is 0.438. The van der Waals surface area contributed by atoms with Crippen LogP contribution >= 0.6 is 0 Å². The van der Waals surface area contributed by atoms with E-state index in [0.29, 0.717) is 40.0 Å². The van der Waals surface area contributed by atoms with Crippen molar-refractivity contribution < 1.29 is 18.7 Å². The molecule has 0 amide bonds. The highest BCUT2D eigenvalue weighted by atomic mass is 16.5. The molecule has 5 heteroatoms. The van der Waals surface area contributed by atoms with Crippen molar-refractivity contribution in [3.05, 3.63) is 75.1 Å². The highest BCUT2D eigenvalue weighted by Gasteiger charge is 2.16. The Kier molecular flexibility index (Phi) is 6.14. The van der Waals surface area contributed by atoms with Gasteiger partial charge >= 0.3 is 5.97 Å². The van der Waals surface area contributed by atoms with Crippen LogP contribution in [0.4, 0.5) is 0 Å². The predicted molar refractivity (Wildman–Crippen MR) is 108 cm³/mol. The first-order valence-electron chi connectivity index (χ1n) is 9.46. The molecular weight excluding hydrogens is 356 g/mol. The maximum Gasteiger partial charge on any atom is 0.338 e. The smallest absolute Gasteiger partial charge is 0.338 e. The minimum absolute atomic E-state index is 0.0494. The highest BCUT2D eigenvalue weighted by Crippen LogP contribution is 2.28. The quantitative estimate of drug-likeness (QED) is 0.557. The van der Waals surface area contributed by atoms with Crippen LogP contribution in [-0.4, -0.2) is 13.1 Å². The molecule has 1 heterocycles. The molecule has 0 aliphatic carbocycles. The Balaban J connectivity index is 1.89. The molecule has 0 N–H and O–H groups in total. The first-order chi connectivity index (χ1) is 13.6. The van der Waals surface area contributed by atoms with Gasteiger partial charge in [0, 0.05) is 12.5 Å². The summed E-state index contributed by atoms with van der Waals surface area (Å²) in [5.41, 5.74) is 2.48. The molecule has 0 aliphatic rings. The van der Waals surface area contributed by atoms with Gasteiger partial charge in [-0.05, 0) is 36.2 Å². The third kappa shape index (κ3) is 4.09. The van der Waals surface area contributed by atoms with Crippen molar-refractivity contribution in [1.82, 2.24) is 0 Å². The summed E-state index contributed by atoms with van der Waals surface area (Å²) in [4.78, 5) is 24.8. The number of methoxy groups -OCH3 is 1. The van der Waals surface area contributed by atoms with Crippen molar-refractivity contribution in [1.29, 1.82) is 0 Å². The summed E-state index contributed by atoms with van der Waals surface area (Å²) in [7, 11) is 1.53. The van der Waals surface area contributed by atoms with Gasteiger partial charge < -0.3 is 13.9 Å². The summed E-state index contributed by atoms with van der Waals surface area (Å²) in [5.74, 6) is 0.649. The van der Waals surface area contributed by atoms with E-state index in [4.69, 9.17) is 13.9 Å². The maximum absolute atomic E-state index is 12.5. The standard InChI is InChI=1S/C23H24O5/c1-4-6-15-7-9-16(10-8-15)23(25)27-14-19-21(26-3)12-11-18-20(24)13-17(5-2)28-22(18)19/h7-13H,4-6,14H2,1-3H3. The van der Waals surface area contributed by atoms with Gasteiger partial charge in [-0.1, -0.05) is 32.4 Å². The molecule has 0 fully saturated rings. The molecule has 0 radical (unpaired) electrons. The van der Waals surface area contributed by atoms with Crippen LogP contribution in [0.1, 0.15) is 47.5 Å². The van der Waals surface area contributed by atoms with Gasteiger partial charge in [0.2, 0.25) is 0 Å². The fourth-order valence-electron chi connectivity index (χ4n) is 3.12. The average Bonchev–Trinajstić information content (AvgIpc) is 2.72. The topological polar surface area (TPSA) is 65.7 Å². The van der Waals surface area contributed by atoms with E-state index in [-0.39, 0.29) is 12.0 Å². The van der Waals surface area contributed by atoms with Crippen LogP contribution in [0, 0.1) is 0 Å². The minimum atomic E-state index is -0.434. The Labute approximate surface area is 163 Å². The van der Waals surface area contributed by atoms with Gasteiger partial charge in [-0.25, -0.2) is 4.79 Å². The van der Waals surface area contributed by atoms with Crippen molar-refractivity contribution in [2.24, 2.45) is 0 Å².